The Morgan fingerprint density at radius 1 is 1.25 bits per heavy atom. The van der Waals surface area contributed by atoms with E-state index in [0.29, 0.717) is 12.5 Å². The fourth-order valence-corrected chi connectivity index (χ4v) is 1.87. The second kappa shape index (κ2) is 6.14. The normalized spacial score (nSPS) is 10.6. The summed E-state index contributed by atoms with van der Waals surface area (Å²) in [6.07, 6.45) is 1.48. The highest BCUT2D eigenvalue weighted by atomic mass is 16.4. The molecule has 5 nitrogen and oxygen atoms in total. The van der Waals surface area contributed by atoms with Crippen molar-refractivity contribution in [1.82, 2.24) is 9.97 Å². The summed E-state index contributed by atoms with van der Waals surface area (Å²) in [4.78, 5) is 21.3. The Balaban J connectivity index is 2.29. The molecule has 2 aromatic rings. The van der Waals surface area contributed by atoms with Gasteiger partial charge in [-0.1, -0.05) is 30.3 Å². The number of hydrogen-bond donors (Lipinski definition) is 1. The first-order valence-electron chi connectivity index (χ1n) is 6.45. The number of carbonyl (C=O) groups is 1. The molecule has 104 valence electrons. The van der Waals surface area contributed by atoms with Gasteiger partial charge in [-0.15, -0.1) is 0 Å². The number of nitrogens with zero attached hydrogens (tertiary/aromatic N) is 3. The van der Waals surface area contributed by atoms with Crippen molar-refractivity contribution in [3.8, 4) is 0 Å². The average Bonchev–Trinajstić information content (AvgIpc) is 2.45. The van der Waals surface area contributed by atoms with Gasteiger partial charge in [0, 0.05) is 18.8 Å². The van der Waals surface area contributed by atoms with E-state index in [1.165, 1.54) is 12.3 Å². The van der Waals surface area contributed by atoms with Crippen molar-refractivity contribution in [3.63, 3.8) is 0 Å². The lowest BCUT2D eigenvalue weighted by atomic mass is 10.2. The minimum Gasteiger partial charge on any atom is -0.477 e. The summed E-state index contributed by atoms with van der Waals surface area (Å²) in [5, 5.41) is 9.01. The summed E-state index contributed by atoms with van der Waals surface area (Å²) >= 11 is 0. The van der Waals surface area contributed by atoms with Crippen molar-refractivity contribution >= 4 is 11.9 Å². The van der Waals surface area contributed by atoms with Crippen molar-refractivity contribution < 1.29 is 9.90 Å². The summed E-state index contributed by atoms with van der Waals surface area (Å²) in [5.74, 6) is -0.610. The van der Waals surface area contributed by atoms with Gasteiger partial charge in [-0.05, 0) is 25.5 Å². The number of carboxylic acids is 1. The van der Waals surface area contributed by atoms with Gasteiger partial charge in [0.25, 0.3) is 0 Å². The molecular formula is C15H17N3O2. The molecule has 0 spiro atoms. The summed E-state index contributed by atoms with van der Waals surface area (Å²) in [6.45, 7) is 4.70. The molecular weight excluding hydrogens is 254 g/mol. The third-order valence-corrected chi connectivity index (χ3v) is 2.94. The van der Waals surface area contributed by atoms with Gasteiger partial charge in [0.05, 0.1) is 0 Å². The van der Waals surface area contributed by atoms with E-state index < -0.39 is 5.97 Å². The minimum atomic E-state index is -1.04. The van der Waals surface area contributed by atoms with Crippen molar-refractivity contribution in [2.45, 2.75) is 26.4 Å². The molecule has 5 heteroatoms. The van der Waals surface area contributed by atoms with Crippen LogP contribution in [0.3, 0.4) is 0 Å². The lowest BCUT2D eigenvalue weighted by Crippen LogP contribution is -2.32. The first-order valence-corrected chi connectivity index (χ1v) is 6.45. The molecule has 1 N–H and O–H groups in total. The zero-order valence-electron chi connectivity index (χ0n) is 11.5. The number of hydrogen-bond acceptors (Lipinski definition) is 4. The van der Waals surface area contributed by atoms with Crippen LogP contribution < -0.4 is 4.90 Å². The van der Waals surface area contributed by atoms with Gasteiger partial charge in [-0.25, -0.2) is 14.8 Å². The van der Waals surface area contributed by atoms with Gasteiger partial charge < -0.3 is 10.0 Å². The van der Waals surface area contributed by atoms with Gasteiger partial charge in [0.1, 0.15) is 0 Å². The molecule has 0 saturated heterocycles. The Morgan fingerprint density at radius 3 is 2.55 bits per heavy atom. The molecule has 1 aromatic heterocycles. The molecule has 20 heavy (non-hydrogen) atoms. The molecule has 0 fully saturated rings. The van der Waals surface area contributed by atoms with Crippen LogP contribution in [0.25, 0.3) is 0 Å². The van der Waals surface area contributed by atoms with Gasteiger partial charge in [-0.2, -0.15) is 0 Å². The average molecular weight is 271 g/mol. The Kier molecular flexibility index (Phi) is 4.30. The molecule has 0 saturated carbocycles. The maximum Gasteiger partial charge on any atom is 0.354 e. The maximum absolute atomic E-state index is 11.0. The molecule has 0 radical (unpaired) electrons. The smallest absolute Gasteiger partial charge is 0.354 e. The molecule has 0 bridgehead atoms. The van der Waals surface area contributed by atoms with Crippen LogP contribution in [-0.2, 0) is 6.54 Å². The largest absolute Gasteiger partial charge is 0.477 e. The quantitative estimate of drug-likeness (QED) is 0.905. The van der Waals surface area contributed by atoms with Crippen LogP contribution in [0.5, 0.6) is 0 Å². The van der Waals surface area contributed by atoms with E-state index in [1.807, 2.05) is 49.1 Å². The number of carboxylic acid groups (broad SMARTS) is 1. The maximum atomic E-state index is 11.0. The summed E-state index contributed by atoms with van der Waals surface area (Å²) in [5.41, 5.74) is 1.14. The lowest BCUT2D eigenvalue weighted by Gasteiger charge is -2.26. The van der Waals surface area contributed by atoms with E-state index >= 15 is 0 Å². The molecule has 0 unspecified atom stereocenters. The number of anilines is 1. The van der Waals surface area contributed by atoms with Gasteiger partial charge in [0.2, 0.25) is 5.95 Å². The highest BCUT2D eigenvalue weighted by Crippen LogP contribution is 2.15. The fraction of sp³-hybridized carbons (Fsp3) is 0.267. The SMILES string of the molecule is CC(C)N(Cc1ccccc1)c1nccc(C(=O)O)n1. The van der Waals surface area contributed by atoms with Crippen LogP contribution in [-0.4, -0.2) is 27.1 Å². The second-order valence-electron chi connectivity index (χ2n) is 4.75. The topological polar surface area (TPSA) is 66.3 Å². The summed E-state index contributed by atoms with van der Waals surface area (Å²) < 4.78 is 0. The number of aromatic nitrogens is 2. The standard InChI is InChI=1S/C15H17N3O2/c1-11(2)18(10-12-6-4-3-5-7-12)15-16-9-8-13(17-15)14(19)20/h3-9,11H,10H2,1-2H3,(H,19,20). The van der Waals surface area contributed by atoms with Crippen LogP contribution >= 0.6 is 0 Å². The Bertz CT molecular complexity index is 585. The van der Waals surface area contributed by atoms with Crippen molar-refractivity contribution in [1.29, 1.82) is 0 Å². The fourth-order valence-electron chi connectivity index (χ4n) is 1.87. The Morgan fingerprint density at radius 2 is 1.95 bits per heavy atom. The van der Waals surface area contributed by atoms with E-state index in [4.69, 9.17) is 5.11 Å². The number of benzene rings is 1. The van der Waals surface area contributed by atoms with Crippen molar-refractivity contribution in [2.75, 3.05) is 4.90 Å². The van der Waals surface area contributed by atoms with Crippen LogP contribution in [0.1, 0.15) is 29.9 Å². The van der Waals surface area contributed by atoms with Crippen molar-refractivity contribution in [2.24, 2.45) is 0 Å². The van der Waals surface area contributed by atoms with Crippen LogP contribution in [0.15, 0.2) is 42.6 Å². The van der Waals surface area contributed by atoms with Crippen LogP contribution in [0.2, 0.25) is 0 Å². The number of rotatable bonds is 5. The third kappa shape index (κ3) is 3.32. The second-order valence-corrected chi connectivity index (χ2v) is 4.75. The highest BCUT2D eigenvalue weighted by Gasteiger charge is 2.16. The number of aromatic carboxylic acids is 1. The highest BCUT2D eigenvalue weighted by molar-refractivity contribution is 5.85. The molecule has 0 atom stereocenters. The predicted octanol–water partition coefficient (Wildman–Crippen LogP) is 2.59. The molecule has 0 amide bonds. The van der Waals surface area contributed by atoms with Crippen LogP contribution in [0, 0.1) is 0 Å². The van der Waals surface area contributed by atoms with E-state index in [0.717, 1.165) is 5.56 Å². The third-order valence-electron chi connectivity index (χ3n) is 2.94. The predicted molar refractivity (Wildman–Crippen MR) is 76.8 cm³/mol. The molecule has 0 aliphatic heterocycles. The lowest BCUT2D eigenvalue weighted by molar-refractivity contribution is 0.0690. The molecule has 1 aromatic carbocycles. The monoisotopic (exact) mass is 271 g/mol. The van der Waals surface area contributed by atoms with Crippen molar-refractivity contribution in [3.05, 3.63) is 53.9 Å². The van der Waals surface area contributed by atoms with E-state index in [2.05, 4.69) is 9.97 Å². The molecule has 0 aliphatic carbocycles. The first-order chi connectivity index (χ1) is 9.58. The molecule has 2 rings (SSSR count). The van der Waals surface area contributed by atoms with E-state index in [1.54, 1.807) is 0 Å². The minimum absolute atomic E-state index is 0.00807. The Labute approximate surface area is 117 Å². The van der Waals surface area contributed by atoms with E-state index in [9.17, 15) is 4.79 Å². The molecule has 0 aliphatic rings. The van der Waals surface area contributed by atoms with Gasteiger partial charge >= 0.3 is 5.97 Å². The first kappa shape index (κ1) is 14.0. The Hall–Kier alpha value is -2.43. The zero-order valence-corrected chi connectivity index (χ0v) is 11.5. The zero-order chi connectivity index (χ0) is 14.5. The van der Waals surface area contributed by atoms with Gasteiger partial charge in [0.15, 0.2) is 5.69 Å². The molecule has 1 heterocycles. The van der Waals surface area contributed by atoms with Crippen LogP contribution in [0.4, 0.5) is 5.95 Å². The summed E-state index contributed by atoms with van der Waals surface area (Å²) in [6, 6.07) is 11.5. The van der Waals surface area contributed by atoms with Gasteiger partial charge in [-0.3, -0.25) is 0 Å². The summed E-state index contributed by atoms with van der Waals surface area (Å²) in [7, 11) is 0. The van der Waals surface area contributed by atoms with E-state index in [-0.39, 0.29) is 11.7 Å².